The summed E-state index contributed by atoms with van der Waals surface area (Å²) < 4.78 is 52.5. The molecule has 0 amide bonds. The number of fused-ring (bicyclic) bond motifs is 1. The third-order valence-electron chi connectivity index (χ3n) is 5.57. The van der Waals surface area contributed by atoms with Crippen molar-refractivity contribution in [1.82, 2.24) is 14.9 Å². The fourth-order valence-electron chi connectivity index (χ4n) is 4.11. The molecule has 1 aliphatic carbocycles. The molecule has 2 aliphatic rings. The van der Waals surface area contributed by atoms with Crippen molar-refractivity contribution >= 4 is 19.2 Å². The standard InChI is InChI=1S/C26H37FN3O6P/c1-9-12-33-21-11-10-20(27)22-23(31)19(18-13-28-16-29-14-18)15-30(26(21,22)8)17-34-37(32,35-24(2,3)4)36-25(5,6)7/h10-11,13-16,21H,9,12,17H2,1-8H3. The van der Waals surface area contributed by atoms with Crippen LogP contribution in [0.15, 0.2) is 48.5 Å². The molecule has 2 unspecified atom stereocenters. The van der Waals surface area contributed by atoms with Gasteiger partial charge in [0.2, 0.25) is 0 Å². The summed E-state index contributed by atoms with van der Waals surface area (Å²) >= 11 is 0. The van der Waals surface area contributed by atoms with Gasteiger partial charge in [-0.25, -0.2) is 18.9 Å². The molecule has 9 nitrogen and oxygen atoms in total. The first-order valence-corrected chi connectivity index (χ1v) is 13.7. The number of halogens is 1. The summed E-state index contributed by atoms with van der Waals surface area (Å²) in [6.07, 6.45) is 8.68. The smallest absolute Gasteiger partial charge is 0.371 e. The zero-order chi connectivity index (χ0) is 27.6. The van der Waals surface area contributed by atoms with Crippen LogP contribution < -0.4 is 0 Å². The van der Waals surface area contributed by atoms with Crippen molar-refractivity contribution in [3.63, 3.8) is 0 Å². The van der Waals surface area contributed by atoms with Crippen LogP contribution in [-0.2, 0) is 27.7 Å². The summed E-state index contributed by atoms with van der Waals surface area (Å²) in [7, 11) is -4.12. The van der Waals surface area contributed by atoms with E-state index < -0.39 is 42.3 Å². The first-order chi connectivity index (χ1) is 17.1. The summed E-state index contributed by atoms with van der Waals surface area (Å²) in [4.78, 5) is 23.2. The van der Waals surface area contributed by atoms with Gasteiger partial charge in [-0.15, -0.1) is 0 Å². The van der Waals surface area contributed by atoms with Crippen LogP contribution in [0, 0.1) is 0 Å². The summed E-state index contributed by atoms with van der Waals surface area (Å²) in [6.45, 7) is 14.1. The molecule has 0 bridgehead atoms. The third kappa shape index (κ3) is 6.81. The highest BCUT2D eigenvalue weighted by molar-refractivity contribution is 7.48. The summed E-state index contributed by atoms with van der Waals surface area (Å²) in [5.41, 5.74) is -2.52. The topological polar surface area (TPSA) is 100 Å². The zero-order valence-corrected chi connectivity index (χ0v) is 23.7. The number of phosphoric ester groups is 1. The largest absolute Gasteiger partial charge is 0.477 e. The van der Waals surface area contributed by atoms with Crippen LogP contribution in [0.1, 0.15) is 67.4 Å². The number of phosphoric acid groups is 1. The van der Waals surface area contributed by atoms with Gasteiger partial charge < -0.3 is 9.64 Å². The fraction of sp³-hybridized carbons (Fsp3) is 0.577. The van der Waals surface area contributed by atoms with Gasteiger partial charge in [0, 0.05) is 36.3 Å². The van der Waals surface area contributed by atoms with Gasteiger partial charge in [-0.1, -0.05) is 13.0 Å². The van der Waals surface area contributed by atoms with E-state index in [0.29, 0.717) is 12.2 Å². The van der Waals surface area contributed by atoms with Crippen molar-refractivity contribution in [2.45, 2.75) is 84.7 Å². The zero-order valence-electron chi connectivity index (χ0n) is 22.8. The second kappa shape index (κ2) is 10.9. The number of carbonyl (C=O) groups excluding carboxylic acids is 1. The lowest BCUT2D eigenvalue weighted by atomic mass is 9.74. The van der Waals surface area contributed by atoms with E-state index in [1.807, 2.05) is 6.92 Å². The fourth-order valence-corrected chi connectivity index (χ4v) is 5.86. The Morgan fingerprint density at radius 1 is 1.11 bits per heavy atom. The maximum atomic E-state index is 15.4. The molecule has 0 N–H and O–H groups in total. The molecular weight excluding hydrogens is 500 g/mol. The van der Waals surface area contributed by atoms with Crippen LogP contribution in [0.25, 0.3) is 5.57 Å². The average molecular weight is 538 g/mol. The van der Waals surface area contributed by atoms with Crippen molar-refractivity contribution in [3.05, 3.63) is 54.0 Å². The Morgan fingerprint density at radius 2 is 1.70 bits per heavy atom. The predicted molar refractivity (Wildman–Crippen MR) is 138 cm³/mol. The minimum atomic E-state index is -4.12. The minimum absolute atomic E-state index is 0.0932. The van der Waals surface area contributed by atoms with E-state index >= 15 is 4.39 Å². The molecule has 1 aromatic heterocycles. The molecule has 2 atom stereocenters. The van der Waals surface area contributed by atoms with E-state index in [-0.39, 0.29) is 17.9 Å². The number of hydrogen-bond donors (Lipinski definition) is 0. The minimum Gasteiger partial charge on any atom is -0.371 e. The van der Waals surface area contributed by atoms with E-state index in [1.165, 1.54) is 31.0 Å². The van der Waals surface area contributed by atoms with Gasteiger partial charge >= 0.3 is 7.82 Å². The molecule has 1 aromatic rings. The van der Waals surface area contributed by atoms with Crippen LogP contribution >= 0.6 is 7.82 Å². The number of allylic oxidation sites excluding steroid dienone is 3. The Labute approximate surface area is 218 Å². The molecule has 3 rings (SSSR count). The van der Waals surface area contributed by atoms with Crippen molar-refractivity contribution < 1.29 is 32.1 Å². The molecular formula is C26H37FN3O6P. The number of carbonyl (C=O) groups is 1. The van der Waals surface area contributed by atoms with E-state index in [1.54, 1.807) is 59.4 Å². The molecule has 1 aliphatic heterocycles. The van der Waals surface area contributed by atoms with Crippen LogP contribution in [0.4, 0.5) is 4.39 Å². The molecule has 37 heavy (non-hydrogen) atoms. The number of nitrogens with zero attached hydrogens (tertiary/aromatic N) is 3. The summed E-state index contributed by atoms with van der Waals surface area (Å²) in [5.74, 6) is -1.20. The van der Waals surface area contributed by atoms with Crippen LogP contribution in [-0.4, -0.2) is 56.8 Å². The van der Waals surface area contributed by atoms with E-state index in [2.05, 4.69) is 9.97 Å². The number of aromatic nitrogens is 2. The quantitative estimate of drug-likeness (QED) is 0.364. The third-order valence-corrected chi connectivity index (χ3v) is 7.54. The van der Waals surface area contributed by atoms with Crippen molar-refractivity contribution in [3.8, 4) is 0 Å². The number of rotatable bonds is 9. The van der Waals surface area contributed by atoms with Gasteiger partial charge in [0.1, 0.15) is 30.5 Å². The van der Waals surface area contributed by atoms with Crippen LogP contribution in [0.5, 0.6) is 0 Å². The second-order valence-corrected chi connectivity index (χ2v) is 12.6. The highest BCUT2D eigenvalue weighted by atomic mass is 31.2. The second-order valence-electron chi connectivity index (χ2n) is 11.1. The highest BCUT2D eigenvalue weighted by Gasteiger charge is 2.52. The Morgan fingerprint density at radius 3 is 2.24 bits per heavy atom. The SMILES string of the molecule is CCCOC1C=CC(F)=C2C(=O)C(c3cncnc3)=CN(COP(=O)(OC(C)(C)C)OC(C)(C)C)C21C. The van der Waals surface area contributed by atoms with Crippen molar-refractivity contribution in [2.24, 2.45) is 0 Å². The maximum absolute atomic E-state index is 15.4. The van der Waals surface area contributed by atoms with Gasteiger partial charge in [-0.05, 0) is 61.0 Å². The normalized spacial score (nSPS) is 22.8. The summed E-state index contributed by atoms with van der Waals surface area (Å²) in [6, 6.07) is 0. The van der Waals surface area contributed by atoms with Gasteiger partial charge in [-0.3, -0.25) is 18.4 Å². The monoisotopic (exact) mass is 537 g/mol. The molecule has 0 spiro atoms. The Kier molecular flexibility index (Phi) is 8.61. The van der Waals surface area contributed by atoms with Gasteiger partial charge in [0.15, 0.2) is 5.78 Å². The van der Waals surface area contributed by atoms with Gasteiger partial charge in [-0.2, -0.15) is 0 Å². The molecule has 0 aromatic carbocycles. The lowest BCUT2D eigenvalue weighted by molar-refractivity contribution is -0.115. The van der Waals surface area contributed by atoms with Gasteiger partial charge in [0.05, 0.1) is 16.8 Å². The molecule has 0 radical (unpaired) electrons. The maximum Gasteiger partial charge on any atom is 0.477 e. The van der Waals surface area contributed by atoms with Crippen LogP contribution in [0.2, 0.25) is 0 Å². The lowest BCUT2D eigenvalue weighted by Gasteiger charge is -2.49. The Balaban J connectivity index is 2.10. The van der Waals surface area contributed by atoms with Gasteiger partial charge in [0.25, 0.3) is 0 Å². The van der Waals surface area contributed by atoms with E-state index in [9.17, 15) is 9.36 Å². The number of hydrogen-bond acceptors (Lipinski definition) is 9. The first kappa shape index (κ1) is 29.3. The molecule has 0 saturated carbocycles. The highest BCUT2D eigenvalue weighted by Crippen LogP contribution is 2.56. The van der Waals surface area contributed by atoms with E-state index in [4.69, 9.17) is 18.3 Å². The molecule has 0 saturated heterocycles. The number of Topliss-reactive ketones (excluding diaryl/α,β-unsaturated/α-hetero) is 1. The molecule has 11 heteroatoms. The summed E-state index contributed by atoms with van der Waals surface area (Å²) in [5, 5.41) is 0. The molecule has 204 valence electrons. The number of ether oxygens (including phenoxy) is 1. The number of ketones is 1. The molecule has 2 heterocycles. The molecule has 0 fully saturated rings. The Bertz CT molecular complexity index is 1120. The Hall–Kier alpha value is -2.23. The first-order valence-electron chi connectivity index (χ1n) is 12.2. The van der Waals surface area contributed by atoms with Crippen molar-refractivity contribution in [1.29, 1.82) is 0 Å². The van der Waals surface area contributed by atoms with Crippen LogP contribution in [0.3, 0.4) is 0 Å². The predicted octanol–water partition coefficient (Wildman–Crippen LogP) is 5.76. The lowest BCUT2D eigenvalue weighted by Crippen LogP contribution is -2.59. The average Bonchev–Trinajstić information content (AvgIpc) is 2.76. The van der Waals surface area contributed by atoms with E-state index in [0.717, 1.165) is 6.42 Å². The van der Waals surface area contributed by atoms with Crippen molar-refractivity contribution in [2.75, 3.05) is 13.3 Å².